The molecule has 2 heteroatoms. The lowest BCUT2D eigenvalue weighted by molar-refractivity contribution is 0.197. The molecule has 28 heavy (non-hydrogen) atoms. The van der Waals surface area contributed by atoms with Gasteiger partial charge in [-0.2, -0.15) is 5.26 Å². The molecule has 1 aromatic rings. The number of nitriles is 1. The van der Waals surface area contributed by atoms with Crippen molar-refractivity contribution in [1.82, 2.24) is 0 Å². The van der Waals surface area contributed by atoms with E-state index in [1.807, 2.05) is 12.1 Å². The van der Waals surface area contributed by atoms with E-state index >= 15 is 0 Å². The Kier molecular flexibility index (Phi) is 8.38. The topological polar surface area (TPSA) is 23.8 Å². The second-order valence-electron chi connectivity index (χ2n) is 9.54. The Labute approximate surface area is 171 Å². The van der Waals surface area contributed by atoms with E-state index in [0.717, 1.165) is 29.7 Å². The van der Waals surface area contributed by atoms with Gasteiger partial charge in [0.25, 0.3) is 0 Å². The molecule has 1 nitrogen and oxygen atoms in total. The Hall–Kier alpha value is -1.36. The van der Waals surface area contributed by atoms with Gasteiger partial charge in [0.1, 0.15) is 11.9 Å². The molecule has 0 saturated heterocycles. The maximum absolute atomic E-state index is 14.1. The third-order valence-corrected chi connectivity index (χ3v) is 7.58. The first-order valence-electron chi connectivity index (χ1n) is 11.9. The quantitative estimate of drug-likeness (QED) is 0.449. The zero-order valence-corrected chi connectivity index (χ0v) is 17.8. The summed E-state index contributed by atoms with van der Waals surface area (Å²) in [6.45, 7) is 2.31. The van der Waals surface area contributed by atoms with E-state index in [4.69, 9.17) is 5.26 Å². The minimum absolute atomic E-state index is 0.168. The fraction of sp³-hybridized carbons (Fsp3) is 0.731. The van der Waals surface area contributed by atoms with E-state index in [2.05, 4.69) is 6.92 Å². The molecular formula is C26H38FN. The first kappa shape index (κ1) is 21.4. The van der Waals surface area contributed by atoms with E-state index < -0.39 is 0 Å². The summed E-state index contributed by atoms with van der Waals surface area (Å²) in [5, 5.41) is 8.99. The van der Waals surface area contributed by atoms with Gasteiger partial charge in [0.2, 0.25) is 0 Å². The van der Waals surface area contributed by atoms with Crippen molar-refractivity contribution < 1.29 is 4.39 Å². The zero-order valence-electron chi connectivity index (χ0n) is 17.8. The van der Waals surface area contributed by atoms with Crippen LogP contribution in [0.1, 0.15) is 102 Å². The average molecular weight is 384 g/mol. The minimum Gasteiger partial charge on any atom is -0.206 e. The van der Waals surface area contributed by atoms with Gasteiger partial charge in [-0.05, 0) is 54.2 Å². The minimum atomic E-state index is -0.350. The molecule has 0 amide bonds. The fourth-order valence-electron chi connectivity index (χ4n) is 5.86. The van der Waals surface area contributed by atoms with Gasteiger partial charge in [-0.15, -0.1) is 0 Å². The van der Waals surface area contributed by atoms with Crippen molar-refractivity contribution in [2.75, 3.05) is 0 Å². The molecule has 0 aromatic heterocycles. The molecule has 2 aliphatic carbocycles. The summed E-state index contributed by atoms with van der Waals surface area (Å²) in [5.41, 5.74) is 1.25. The van der Waals surface area contributed by atoms with Gasteiger partial charge < -0.3 is 0 Å². The second kappa shape index (κ2) is 11.0. The summed E-state index contributed by atoms with van der Waals surface area (Å²) in [7, 11) is 0. The molecule has 1 unspecified atom stereocenters. The van der Waals surface area contributed by atoms with Crippen molar-refractivity contribution in [2.24, 2.45) is 23.7 Å². The van der Waals surface area contributed by atoms with Gasteiger partial charge in [-0.1, -0.05) is 90.0 Å². The third-order valence-electron chi connectivity index (χ3n) is 7.58. The van der Waals surface area contributed by atoms with Crippen LogP contribution in [-0.2, 0) is 6.42 Å². The van der Waals surface area contributed by atoms with Crippen LogP contribution in [0.4, 0.5) is 4.39 Å². The van der Waals surface area contributed by atoms with Gasteiger partial charge in [-0.3, -0.25) is 0 Å². The van der Waals surface area contributed by atoms with Gasteiger partial charge in [0.05, 0.1) is 5.56 Å². The Morgan fingerprint density at radius 1 is 1.00 bits per heavy atom. The third kappa shape index (κ3) is 6.07. The summed E-state index contributed by atoms with van der Waals surface area (Å²) in [6.07, 6.45) is 18.9. The molecule has 2 aliphatic rings. The first-order chi connectivity index (χ1) is 13.7. The monoisotopic (exact) mass is 383 g/mol. The van der Waals surface area contributed by atoms with Crippen LogP contribution in [-0.4, -0.2) is 0 Å². The molecule has 0 spiro atoms. The molecule has 2 saturated carbocycles. The number of benzene rings is 1. The Balaban J connectivity index is 1.58. The van der Waals surface area contributed by atoms with Crippen LogP contribution >= 0.6 is 0 Å². The van der Waals surface area contributed by atoms with Crippen molar-refractivity contribution in [2.45, 2.75) is 96.8 Å². The fourth-order valence-corrected chi connectivity index (χ4v) is 5.86. The van der Waals surface area contributed by atoms with Crippen LogP contribution in [0.25, 0.3) is 0 Å². The predicted molar refractivity (Wildman–Crippen MR) is 114 cm³/mol. The van der Waals surface area contributed by atoms with Gasteiger partial charge >= 0.3 is 0 Å². The highest BCUT2D eigenvalue weighted by Gasteiger charge is 2.26. The molecular weight excluding hydrogens is 345 g/mol. The van der Waals surface area contributed by atoms with Crippen LogP contribution in [0, 0.1) is 40.8 Å². The standard InChI is InChI=1S/C26H38FN/c1-2-6-20-9-11-21(12-10-20)13-15-24(23-7-4-3-5-8-23)17-22-14-16-25(19-28)26(27)18-22/h14,16,18,20-21,23-24H,2-13,15,17H2,1H3. The van der Waals surface area contributed by atoms with E-state index in [9.17, 15) is 4.39 Å². The molecule has 0 bridgehead atoms. The van der Waals surface area contributed by atoms with Crippen molar-refractivity contribution in [1.29, 1.82) is 5.26 Å². The lowest BCUT2D eigenvalue weighted by Gasteiger charge is -2.33. The van der Waals surface area contributed by atoms with Crippen molar-refractivity contribution >= 4 is 0 Å². The lowest BCUT2D eigenvalue weighted by Crippen LogP contribution is -2.22. The van der Waals surface area contributed by atoms with E-state index in [1.165, 1.54) is 83.5 Å². The number of halogens is 1. The van der Waals surface area contributed by atoms with Crippen molar-refractivity contribution in [3.8, 4) is 6.07 Å². The summed E-state index contributed by atoms with van der Waals surface area (Å²) in [5.74, 6) is 3.04. The maximum Gasteiger partial charge on any atom is 0.141 e. The number of hydrogen-bond acceptors (Lipinski definition) is 1. The Morgan fingerprint density at radius 3 is 2.29 bits per heavy atom. The van der Waals surface area contributed by atoms with Crippen molar-refractivity contribution in [3.63, 3.8) is 0 Å². The average Bonchev–Trinajstić information content (AvgIpc) is 2.73. The van der Waals surface area contributed by atoms with Crippen LogP contribution in [0.5, 0.6) is 0 Å². The van der Waals surface area contributed by atoms with Gasteiger partial charge in [-0.25, -0.2) is 4.39 Å². The second-order valence-corrected chi connectivity index (χ2v) is 9.54. The number of nitrogens with zero attached hydrogens (tertiary/aromatic N) is 1. The summed E-state index contributed by atoms with van der Waals surface area (Å²) in [4.78, 5) is 0. The Morgan fingerprint density at radius 2 is 1.68 bits per heavy atom. The van der Waals surface area contributed by atoms with E-state index in [0.29, 0.717) is 5.92 Å². The first-order valence-corrected chi connectivity index (χ1v) is 11.9. The molecule has 0 aliphatic heterocycles. The highest BCUT2D eigenvalue weighted by molar-refractivity contribution is 5.33. The summed E-state index contributed by atoms with van der Waals surface area (Å²) < 4.78 is 14.1. The molecule has 3 rings (SSSR count). The van der Waals surface area contributed by atoms with Gasteiger partial charge in [0, 0.05) is 0 Å². The van der Waals surface area contributed by atoms with Crippen LogP contribution < -0.4 is 0 Å². The summed E-state index contributed by atoms with van der Waals surface area (Å²) >= 11 is 0. The van der Waals surface area contributed by atoms with Gasteiger partial charge in [0.15, 0.2) is 0 Å². The molecule has 0 radical (unpaired) electrons. The molecule has 2 fully saturated rings. The van der Waals surface area contributed by atoms with E-state index in [1.54, 1.807) is 12.1 Å². The van der Waals surface area contributed by atoms with Crippen molar-refractivity contribution in [3.05, 3.63) is 35.1 Å². The normalized spacial score (nSPS) is 24.6. The largest absolute Gasteiger partial charge is 0.206 e. The SMILES string of the molecule is CCCC1CCC(CCC(Cc2ccc(C#N)c(F)c2)C2CCCCC2)CC1. The predicted octanol–water partition coefficient (Wildman–Crippen LogP) is 7.82. The van der Waals surface area contributed by atoms with E-state index in [-0.39, 0.29) is 11.4 Å². The summed E-state index contributed by atoms with van der Waals surface area (Å²) in [6, 6.07) is 7.20. The van der Waals surface area contributed by atoms with Crippen LogP contribution in [0.3, 0.4) is 0 Å². The highest BCUT2D eigenvalue weighted by Crippen LogP contribution is 2.39. The lowest BCUT2D eigenvalue weighted by atomic mass is 9.72. The zero-order chi connectivity index (χ0) is 19.8. The van der Waals surface area contributed by atoms with Crippen LogP contribution in [0.15, 0.2) is 18.2 Å². The molecule has 1 atom stereocenters. The smallest absolute Gasteiger partial charge is 0.141 e. The molecule has 154 valence electrons. The highest BCUT2D eigenvalue weighted by atomic mass is 19.1. The molecule has 0 heterocycles. The molecule has 0 N–H and O–H groups in total. The Bertz CT molecular complexity index is 632. The maximum atomic E-state index is 14.1. The van der Waals surface area contributed by atoms with Crippen LogP contribution in [0.2, 0.25) is 0 Å². The molecule has 1 aromatic carbocycles. The number of hydrogen-bond donors (Lipinski definition) is 0. The number of rotatable bonds is 8.